The van der Waals surface area contributed by atoms with E-state index in [4.69, 9.17) is 0 Å². The zero-order valence-corrected chi connectivity index (χ0v) is 17.0. The van der Waals surface area contributed by atoms with Gasteiger partial charge in [-0.05, 0) is 31.5 Å². The quantitative estimate of drug-likeness (QED) is 0.433. The molecule has 1 aliphatic rings. The summed E-state index contributed by atoms with van der Waals surface area (Å²) in [6.07, 6.45) is -0.193. The number of nitrogens with zero attached hydrogens (tertiary/aromatic N) is 4. The molecule has 4 heterocycles. The van der Waals surface area contributed by atoms with Gasteiger partial charge in [-0.15, -0.1) is 11.3 Å². The molecule has 160 valence electrons. The van der Waals surface area contributed by atoms with Gasteiger partial charge in [0.2, 0.25) is 5.95 Å². The summed E-state index contributed by atoms with van der Waals surface area (Å²) in [6.45, 7) is 1.64. The summed E-state index contributed by atoms with van der Waals surface area (Å²) in [5, 5.41) is 16.6. The number of thiazole rings is 1. The molecule has 1 saturated heterocycles. The molecule has 0 aliphatic carbocycles. The van der Waals surface area contributed by atoms with E-state index in [9.17, 15) is 13.2 Å². The van der Waals surface area contributed by atoms with Crippen LogP contribution < -0.4 is 10.6 Å². The molecule has 31 heavy (non-hydrogen) atoms. The minimum absolute atomic E-state index is 0.0649. The smallest absolute Gasteiger partial charge is 0.350 e. The number of aromatic nitrogens is 5. The highest BCUT2D eigenvalue weighted by atomic mass is 32.1. The van der Waals surface area contributed by atoms with Crippen LogP contribution in [-0.4, -0.2) is 44.3 Å². The van der Waals surface area contributed by atoms with Crippen LogP contribution in [0.4, 0.5) is 19.1 Å². The van der Waals surface area contributed by atoms with E-state index in [0.717, 1.165) is 36.2 Å². The van der Waals surface area contributed by atoms with Crippen LogP contribution in [0.25, 0.3) is 32.9 Å². The monoisotopic (exact) mass is 445 g/mol. The number of hydrogen-bond donors (Lipinski definition) is 3. The van der Waals surface area contributed by atoms with E-state index in [1.165, 1.54) is 11.3 Å². The number of halogens is 3. The summed E-state index contributed by atoms with van der Waals surface area (Å²) in [5.41, 5.74) is 0.448. The van der Waals surface area contributed by atoms with Gasteiger partial charge in [0.15, 0.2) is 0 Å². The van der Waals surface area contributed by atoms with Gasteiger partial charge in [0, 0.05) is 41.3 Å². The van der Waals surface area contributed by atoms with Crippen LogP contribution in [0.1, 0.15) is 18.4 Å². The number of aromatic amines is 1. The average Bonchev–Trinajstić information content (AvgIpc) is 3.43. The topological polar surface area (TPSA) is 91.4 Å². The predicted octanol–water partition coefficient (Wildman–Crippen LogP) is 4.33. The van der Waals surface area contributed by atoms with Crippen molar-refractivity contribution in [3.05, 3.63) is 41.5 Å². The number of fused-ring (bicyclic) bond motifs is 1. The third-order valence-corrected chi connectivity index (χ3v) is 6.01. The second kappa shape index (κ2) is 7.89. The van der Waals surface area contributed by atoms with Crippen LogP contribution >= 0.6 is 11.3 Å². The Hall–Kier alpha value is -3.05. The Bertz CT molecular complexity index is 1200. The lowest BCUT2D eigenvalue weighted by Gasteiger charge is -2.24. The van der Waals surface area contributed by atoms with Crippen LogP contribution in [-0.2, 0) is 6.18 Å². The lowest BCUT2D eigenvalue weighted by Crippen LogP contribution is -2.38. The molecule has 0 radical (unpaired) electrons. The Morgan fingerprint density at radius 3 is 2.81 bits per heavy atom. The molecule has 1 atom stereocenters. The van der Waals surface area contributed by atoms with Crippen molar-refractivity contribution in [1.29, 1.82) is 0 Å². The third-order valence-electron chi connectivity index (χ3n) is 5.19. The van der Waals surface area contributed by atoms with Crippen molar-refractivity contribution in [3.63, 3.8) is 0 Å². The molecule has 0 unspecified atom stereocenters. The first-order valence-electron chi connectivity index (χ1n) is 9.79. The molecule has 1 aliphatic heterocycles. The Kier molecular flexibility index (Phi) is 5.06. The van der Waals surface area contributed by atoms with Crippen LogP contribution in [0.2, 0.25) is 0 Å². The minimum Gasteiger partial charge on any atom is -0.350 e. The van der Waals surface area contributed by atoms with Gasteiger partial charge in [-0.25, -0.2) is 15.0 Å². The number of anilines is 1. The summed E-state index contributed by atoms with van der Waals surface area (Å²) in [5.74, 6) is 0.159. The Labute approximate surface area is 179 Å². The molecule has 3 aromatic heterocycles. The number of rotatable bonds is 4. The molecule has 0 saturated carbocycles. The van der Waals surface area contributed by atoms with Gasteiger partial charge in [-0.3, -0.25) is 5.10 Å². The Morgan fingerprint density at radius 2 is 2.06 bits per heavy atom. The highest BCUT2D eigenvalue weighted by Crippen LogP contribution is 2.38. The second-order valence-electron chi connectivity index (χ2n) is 7.31. The van der Waals surface area contributed by atoms with Crippen LogP contribution in [0.3, 0.4) is 0 Å². The van der Waals surface area contributed by atoms with E-state index in [2.05, 4.69) is 35.8 Å². The largest absolute Gasteiger partial charge is 0.420 e. The average molecular weight is 445 g/mol. The van der Waals surface area contributed by atoms with E-state index in [0.29, 0.717) is 17.4 Å². The lowest BCUT2D eigenvalue weighted by atomic mass is 10.1. The maximum atomic E-state index is 13.7. The van der Waals surface area contributed by atoms with Crippen molar-refractivity contribution >= 4 is 28.2 Å². The van der Waals surface area contributed by atoms with Crippen LogP contribution in [0, 0.1) is 0 Å². The summed E-state index contributed by atoms with van der Waals surface area (Å²) >= 11 is 1.48. The van der Waals surface area contributed by atoms with Gasteiger partial charge < -0.3 is 10.6 Å². The van der Waals surface area contributed by atoms with Crippen molar-refractivity contribution < 1.29 is 13.2 Å². The zero-order valence-electron chi connectivity index (χ0n) is 16.2. The summed E-state index contributed by atoms with van der Waals surface area (Å²) in [4.78, 5) is 12.4. The van der Waals surface area contributed by atoms with E-state index in [1.807, 2.05) is 17.5 Å². The van der Waals surface area contributed by atoms with Gasteiger partial charge in [-0.2, -0.15) is 18.3 Å². The highest BCUT2D eigenvalue weighted by molar-refractivity contribution is 7.13. The predicted molar refractivity (Wildman–Crippen MR) is 113 cm³/mol. The van der Waals surface area contributed by atoms with Crippen molar-refractivity contribution in [1.82, 2.24) is 30.5 Å². The first-order chi connectivity index (χ1) is 15.0. The van der Waals surface area contributed by atoms with Crippen molar-refractivity contribution in [3.8, 4) is 22.0 Å². The SMILES string of the molecule is FC(F)(F)c1cnc(N[C@H]2CCCNC2)nc1-c1n[nH]c2cc(-c3nccs3)ccc12. The molecule has 3 N–H and O–H groups in total. The van der Waals surface area contributed by atoms with Crippen molar-refractivity contribution in [2.75, 3.05) is 18.4 Å². The minimum atomic E-state index is -4.60. The summed E-state index contributed by atoms with van der Waals surface area (Å²) < 4.78 is 41.2. The molecule has 1 fully saturated rings. The first kappa shape index (κ1) is 19.9. The number of alkyl halides is 3. The first-order valence-corrected chi connectivity index (χ1v) is 10.7. The number of piperidine rings is 1. The van der Waals surface area contributed by atoms with E-state index in [-0.39, 0.29) is 23.4 Å². The van der Waals surface area contributed by atoms with Gasteiger partial charge in [0.05, 0.1) is 5.52 Å². The standard InChI is InChI=1S/C20H18F3N7S/c21-20(22,23)14-10-26-19(27-12-2-1-5-24-9-12)28-17(14)16-13-4-3-11(8-15(13)29-30-16)18-25-6-7-31-18/h3-4,6-8,10,12,24H,1-2,5,9H2,(H,29,30)(H,26,27,28)/t12-/m0/s1. The molecule has 0 spiro atoms. The number of hydrogen-bond acceptors (Lipinski definition) is 7. The zero-order chi connectivity index (χ0) is 21.4. The molecular formula is C20H18F3N7S. The highest BCUT2D eigenvalue weighted by Gasteiger charge is 2.36. The summed E-state index contributed by atoms with van der Waals surface area (Å²) in [6, 6.07) is 5.45. The molecule has 0 amide bonds. The van der Waals surface area contributed by atoms with Crippen molar-refractivity contribution in [2.45, 2.75) is 25.1 Å². The molecule has 11 heteroatoms. The maximum absolute atomic E-state index is 13.7. The second-order valence-corrected chi connectivity index (χ2v) is 8.21. The van der Waals surface area contributed by atoms with Gasteiger partial charge in [0.1, 0.15) is 22.0 Å². The molecular weight excluding hydrogens is 427 g/mol. The fourth-order valence-electron chi connectivity index (χ4n) is 3.70. The number of H-pyrrole nitrogens is 1. The molecule has 0 bridgehead atoms. The molecule has 4 aromatic rings. The number of benzene rings is 1. The van der Waals surface area contributed by atoms with Crippen LogP contribution in [0.15, 0.2) is 36.0 Å². The molecule has 5 rings (SSSR count). The van der Waals surface area contributed by atoms with Crippen molar-refractivity contribution in [2.24, 2.45) is 0 Å². The Balaban J connectivity index is 1.57. The fourth-order valence-corrected chi connectivity index (χ4v) is 4.33. The number of nitrogens with one attached hydrogen (secondary N) is 3. The van der Waals surface area contributed by atoms with E-state index >= 15 is 0 Å². The Morgan fingerprint density at radius 1 is 1.16 bits per heavy atom. The van der Waals surface area contributed by atoms with E-state index < -0.39 is 11.7 Å². The third kappa shape index (κ3) is 3.98. The van der Waals surface area contributed by atoms with Crippen LogP contribution in [0.5, 0.6) is 0 Å². The fraction of sp³-hybridized carbons (Fsp3) is 0.300. The maximum Gasteiger partial charge on any atom is 0.420 e. The normalized spacial score (nSPS) is 17.2. The van der Waals surface area contributed by atoms with Gasteiger partial charge in [-0.1, -0.05) is 6.07 Å². The molecule has 7 nitrogen and oxygen atoms in total. The van der Waals surface area contributed by atoms with E-state index in [1.54, 1.807) is 12.3 Å². The van der Waals surface area contributed by atoms with Gasteiger partial charge >= 0.3 is 6.18 Å². The molecule has 1 aromatic carbocycles. The van der Waals surface area contributed by atoms with Gasteiger partial charge in [0.25, 0.3) is 0 Å². The lowest BCUT2D eigenvalue weighted by molar-refractivity contribution is -0.137. The summed E-state index contributed by atoms with van der Waals surface area (Å²) in [7, 11) is 0.